The lowest BCUT2D eigenvalue weighted by Gasteiger charge is -2.20. The lowest BCUT2D eigenvalue weighted by atomic mass is 10.1. The van der Waals surface area contributed by atoms with Gasteiger partial charge in [-0.1, -0.05) is 41.9 Å². The van der Waals surface area contributed by atoms with Crippen LogP contribution in [-0.2, 0) is 6.42 Å². The number of thiophene rings is 1. The van der Waals surface area contributed by atoms with E-state index in [0.29, 0.717) is 15.8 Å². The van der Waals surface area contributed by atoms with Gasteiger partial charge < -0.3 is 4.90 Å². The number of hydrogen-bond donors (Lipinski definition) is 0. The molecule has 0 atom stereocenters. The Morgan fingerprint density at radius 2 is 1.95 bits per heavy atom. The third kappa shape index (κ3) is 3.82. The molecule has 19 heavy (non-hydrogen) atoms. The van der Waals surface area contributed by atoms with Crippen molar-refractivity contribution < 1.29 is 4.79 Å². The second-order valence-electron chi connectivity index (χ2n) is 4.22. The zero-order valence-electron chi connectivity index (χ0n) is 10.8. The molecule has 0 saturated carbocycles. The molecular weight excluding hydrogens is 278 g/mol. The zero-order chi connectivity index (χ0) is 13.7. The van der Waals surface area contributed by atoms with E-state index in [0.717, 1.165) is 13.0 Å². The topological polar surface area (TPSA) is 20.3 Å². The summed E-state index contributed by atoms with van der Waals surface area (Å²) in [6.45, 7) is 3.44. The van der Waals surface area contributed by atoms with Crippen LogP contribution in [0.5, 0.6) is 0 Å². The van der Waals surface area contributed by atoms with Gasteiger partial charge in [-0.2, -0.15) is 0 Å². The van der Waals surface area contributed by atoms with E-state index in [-0.39, 0.29) is 5.91 Å². The standard InChI is InChI=1S/C15H16ClNOS/c1-2-17(11-10-12-6-4-3-5-7-12)15(18)13-8-9-14(16)19-13/h3-9H,2,10-11H2,1H3. The summed E-state index contributed by atoms with van der Waals surface area (Å²) in [6, 6.07) is 13.8. The maximum absolute atomic E-state index is 12.3. The van der Waals surface area contributed by atoms with Crippen LogP contribution >= 0.6 is 22.9 Å². The van der Waals surface area contributed by atoms with E-state index in [2.05, 4.69) is 12.1 Å². The van der Waals surface area contributed by atoms with Crippen LogP contribution in [0.1, 0.15) is 22.2 Å². The minimum Gasteiger partial charge on any atom is -0.338 e. The van der Waals surface area contributed by atoms with Crippen LogP contribution in [0.15, 0.2) is 42.5 Å². The predicted octanol–water partition coefficient (Wildman–Crippen LogP) is 4.11. The highest BCUT2D eigenvalue weighted by Crippen LogP contribution is 2.22. The van der Waals surface area contributed by atoms with Crippen LogP contribution < -0.4 is 0 Å². The van der Waals surface area contributed by atoms with Gasteiger partial charge in [0.2, 0.25) is 0 Å². The zero-order valence-corrected chi connectivity index (χ0v) is 12.4. The lowest BCUT2D eigenvalue weighted by molar-refractivity contribution is 0.0771. The van der Waals surface area contributed by atoms with Gasteiger partial charge in [-0.25, -0.2) is 0 Å². The van der Waals surface area contributed by atoms with Crippen molar-refractivity contribution in [1.82, 2.24) is 4.90 Å². The van der Waals surface area contributed by atoms with Crippen molar-refractivity contribution in [2.45, 2.75) is 13.3 Å². The maximum Gasteiger partial charge on any atom is 0.263 e. The average Bonchev–Trinajstić information content (AvgIpc) is 2.87. The second kappa shape index (κ2) is 6.73. The molecule has 0 fully saturated rings. The number of hydrogen-bond acceptors (Lipinski definition) is 2. The van der Waals surface area contributed by atoms with Crippen molar-refractivity contribution in [1.29, 1.82) is 0 Å². The second-order valence-corrected chi connectivity index (χ2v) is 5.94. The molecule has 1 amide bonds. The molecule has 0 N–H and O–H groups in total. The van der Waals surface area contributed by atoms with Crippen molar-refractivity contribution >= 4 is 28.8 Å². The Bertz CT molecular complexity index is 538. The molecule has 0 spiro atoms. The molecule has 0 aliphatic carbocycles. The first kappa shape index (κ1) is 14.1. The fourth-order valence-corrected chi connectivity index (χ4v) is 2.91. The molecule has 2 rings (SSSR count). The summed E-state index contributed by atoms with van der Waals surface area (Å²) in [7, 11) is 0. The third-order valence-electron chi connectivity index (χ3n) is 2.97. The van der Waals surface area contributed by atoms with Crippen LogP contribution in [0.3, 0.4) is 0 Å². The minimum atomic E-state index is 0.0651. The Kier molecular flexibility index (Phi) is 5.00. The molecule has 0 aliphatic rings. The van der Waals surface area contributed by atoms with E-state index in [4.69, 9.17) is 11.6 Å². The van der Waals surface area contributed by atoms with Crippen molar-refractivity contribution in [3.05, 3.63) is 57.2 Å². The first-order chi connectivity index (χ1) is 9.20. The summed E-state index contributed by atoms with van der Waals surface area (Å²) in [6.07, 6.45) is 0.875. The number of carbonyl (C=O) groups is 1. The number of nitrogens with zero attached hydrogens (tertiary/aromatic N) is 1. The van der Waals surface area contributed by atoms with E-state index in [9.17, 15) is 4.79 Å². The molecule has 4 heteroatoms. The van der Waals surface area contributed by atoms with Gasteiger partial charge in [0.05, 0.1) is 9.21 Å². The van der Waals surface area contributed by atoms with Crippen LogP contribution in [0, 0.1) is 0 Å². The Labute approximate surface area is 122 Å². The Hall–Kier alpha value is -1.32. The first-order valence-electron chi connectivity index (χ1n) is 6.29. The predicted molar refractivity (Wildman–Crippen MR) is 81.1 cm³/mol. The van der Waals surface area contributed by atoms with Gasteiger partial charge in [-0.15, -0.1) is 11.3 Å². The Morgan fingerprint density at radius 3 is 2.53 bits per heavy atom. The summed E-state index contributed by atoms with van der Waals surface area (Å²) >= 11 is 7.21. The SMILES string of the molecule is CCN(CCc1ccccc1)C(=O)c1ccc(Cl)s1. The van der Waals surface area contributed by atoms with Gasteiger partial charge in [-0.05, 0) is 31.0 Å². The highest BCUT2D eigenvalue weighted by molar-refractivity contribution is 7.17. The van der Waals surface area contributed by atoms with E-state index < -0.39 is 0 Å². The van der Waals surface area contributed by atoms with E-state index >= 15 is 0 Å². The van der Waals surface area contributed by atoms with Crippen LogP contribution in [0.25, 0.3) is 0 Å². The Morgan fingerprint density at radius 1 is 1.21 bits per heavy atom. The quantitative estimate of drug-likeness (QED) is 0.812. The lowest BCUT2D eigenvalue weighted by Crippen LogP contribution is -2.32. The molecule has 2 nitrogen and oxygen atoms in total. The number of benzene rings is 1. The summed E-state index contributed by atoms with van der Waals surface area (Å²) in [4.78, 5) is 14.9. The third-order valence-corrected chi connectivity index (χ3v) is 4.19. The summed E-state index contributed by atoms with van der Waals surface area (Å²) in [5.41, 5.74) is 1.25. The summed E-state index contributed by atoms with van der Waals surface area (Å²) in [5, 5.41) is 0. The van der Waals surface area contributed by atoms with Crippen molar-refractivity contribution in [3.63, 3.8) is 0 Å². The molecule has 0 saturated heterocycles. The van der Waals surface area contributed by atoms with Crippen LogP contribution in [-0.4, -0.2) is 23.9 Å². The largest absolute Gasteiger partial charge is 0.338 e. The number of likely N-dealkylation sites (N-methyl/N-ethyl adjacent to an activating group) is 1. The average molecular weight is 294 g/mol. The molecule has 0 bridgehead atoms. The van der Waals surface area contributed by atoms with Gasteiger partial charge in [0, 0.05) is 13.1 Å². The Balaban J connectivity index is 1.98. The molecule has 1 heterocycles. The van der Waals surface area contributed by atoms with Gasteiger partial charge in [-0.3, -0.25) is 4.79 Å². The number of halogens is 1. The highest BCUT2D eigenvalue weighted by Gasteiger charge is 2.15. The van der Waals surface area contributed by atoms with Crippen molar-refractivity contribution in [2.75, 3.05) is 13.1 Å². The maximum atomic E-state index is 12.3. The molecule has 1 aromatic heterocycles. The molecular formula is C15H16ClNOS. The number of carbonyl (C=O) groups excluding carboxylic acids is 1. The molecule has 0 radical (unpaired) electrons. The van der Waals surface area contributed by atoms with Gasteiger partial charge in [0.25, 0.3) is 5.91 Å². The summed E-state index contributed by atoms with van der Waals surface area (Å²) < 4.78 is 0.655. The monoisotopic (exact) mass is 293 g/mol. The van der Waals surface area contributed by atoms with Gasteiger partial charge in [0.1, 0.15) is 0 Å². The van der Waals surface area contributed by atoms with Crippen LogP contribution in [0.4, 0.5) is 0 Å². The van der Waals surface area contributed by atoms with Crippen LogP contribution in [0.2, 0.25) is 4.34 Å². The number of rotatable bonds is 5. The first-order valence-corrected chi connectivity index (χ1v) is 7.48. The molecule has 2 aromatic rings. The fraction of sp³-hybridized carbons (Fsp3) is 0.267. The minimum absolute atomic E-state index is 0.0651. The van der Waals surface area contributed by atoms with E-state index in [1.165, 1.54) is 16.9 Å². The van der Waals surface area contributed by atoms with E-state index in [1.54, 1.807) is 12.1 Å². The molecule has 100 valence electrons. The fourth-order valence-electron chi connectivity index (χ4n) is 1.90. The van der Waals surface area contributed by atoms with E-state index in [1.807, 2.05) is 30.0 Å². The van der Waals surface area contributed by atoms with Crippen molar-refractivity contribution in [3.8, 4) is 0 Å². The molecule has 0 unspecified atom stereocenters. The molecule has 0 aliphatic heterocycles. The number of amides is 1. The smallest absolute Gasteiger partial charge is 0.263 e. The van der Waals surface area contributed by atoms with Gasteiger partial charge in [0.15, 0.2) is 0 Å². The summed E-state index contributed by atoms with van der Waals surface area (Å²) in [5.74, 6) is 0.0651. The highest BCUT2D eigenvalue weighted by atomic mass is 35.5. The van der Waals surface area contributed by atoms with Crippen molar-refractivity contribution in [2.24, 2.45) is 0 Å². The van der Waals surface area contributed by atoms with Gasteiger partial charge >= 0.3 is 0 Å². The molecule has 1 aromatic carbocycles. The normalized spacial score (nSPS) is 10.4.